The molecular formula is C12H14FIN2O3. The third kappa shape index (κ3) is 3.14. The second kappa shape index (κ2) is 5.58. The maximum absolute atomic E-state index is 13.6. The topological polar surface area (TPSA) is 62.7 Å². The molecule has 0 aromatic carbocycles. The highest BCUT2D eigenvalue weighted by Gasteiger charge is 2.27. The number of anilines is 1. The Kier molecular flexibility index (Phi) is 4.24. The molecule has 1 aliphatic rings. The van der Waals surface area contributed by atoms with Crippen LogP contribution >= 0.6 is 22.6 Å². The number of aromatic carboxylic acids is 1. The summed E-state index contributed by atoms with van der Waals surface area (Å²) in [4.78, 5) is 16.8. The van der Waals surface area contributed by atoms with E-state index in [9.17, 15) is 14.3 Å². The van der Waals surface area contributed by atoms with Crippen molar-refractivity contribution in [2.45, 2.75) is 26.1 Å². The summed E-state index contributed by atoms with van der Waals surface area (Å²) < 4.78 is 19.4. The number of nitrogens with zero attached hydrogens (tertiary/aromatic N) is 2. The molecular weight excluding hydrogens is 366 g/mol. The number of carboxylic acids is 1. The second-order valence-electron chi connectivity index (χ2n) is 4.60. The van der Waals surface area contributed by atoms with Gasteiger partial charge in [-0.25, -0.2) is 9.78 Å². The molecule has 0 saturated carbocycles. The van der Waals surface area contributed by atoms with Crippen molar-refractivity contribution in [1.82, 2.24) is 4.98 Å². The molecule has 1 N–H and O–H groups in total. The Hall–Kier alpha value is -0.960. The Morgan fingerprint density at radius 2 is 2.11 bits per heavy atom. The number of rotatable bonds is 2. The molecule has 7 heteroatoms. The molecule has 0 bridgehead atoms. The van der Waals surface area contributed by atoms with Crippen LogP contribution in [-0.2, 0) is 4.74 Å². The molecule has 1 saturated heterocycles. The standard InChI is InChI=1S/C12H14FIN2O3/c1-6-4-16(5-7(2)19-6)11-8(12(17)18)3-9(14)10(13)15-11/h3,6-7H,4-5H2,1-2H3,(H,17,18). The van der Waals surface area contributed by atoms with Gasteiger partial charge in [0.25, 0.3) is 0 Å². The zero-order chi connectivity index (χ0) is 14.2. The zero-order valence-electron chi connectivity index (χ0n) is 10.6. The van der Waals surface area contributed by atoms with Crippen molar-refractivity contribution in [2.24, 2.45) is 0 Å². The minimum atomic E-state index is -1.10. The lowest BCUT2D eigenvalue weighted by Gasteiger charge is -2.36. The summed E-state index contributed by atoms with van der Waals surface area (Å²) in [7, 11) is 0. The van der Waals surface area contributed by atoms with Crippen molar-refractivity contribution in [3.8, 4) is 0 Å². The number of pyridine rings is 1. The van der Waals surface area contributed by atoms with Crippen LogP contribution in [0.25, 0.3) is 0 Å². The van der Waals surface area contributed by atoms with Gasteiger partial charge >= 0.3 is 5.97 Å². The summed E-state index contributed by atoms with van der Waals surface area (Å²) in [5, 5.41) is 9.22. The summed E-state index contributed by atoms with van der Waals surface area (Å²) in [6.45, 7) is 4.79. The minimum absolute atomic E-state index is 0.0205. The number of halogens is 2. The number of ether oxygens (including phenoxy) is 1. The van der Waals surface area contributed by atoms with E-state index in [1.165, 1.54) is 6.07 Å². The predicted octanol–water partition coefficient (Wildman–Crippen LogP) is 2.14. The van der Waals surface area contributed by atoms with Crippen LogP contribution < -0.4 is 4.90 Å². The van der Waals surface area contributed by atoms with E-state index in [-0.39, 0.29) is 27.2 Å². The average Bonchev–Trinajstić information content (AvgIpc) is 2.30. The van der Waals surface area contributed by atoms with Crippen LogP contribution in [-0.4, -0.2) is 41.4 Å². The van der Waals surface area contributed by atoms with Gasteiger partial charge in [0.1, 0.15) is 11.4 Å². The largest absolute Gasteiger partial charge is 0.478 e. The van der Waals surface area contributed by atoms with Gasteiger partial charge < -0.3 is 14.7 Å². The molecule has 19 heavy (non-hydrogen) atoms. The van der Waals surface area contributed by atoms with Crippen molar-refractivity contribution in [3.63, 3.8) is 0 Å². The van der Waals surface area contributed by atoms with E-state index in [0.717, 1.165) is 0 Å². The van der Waals surface area contributed by atoms with Crippen molar-refractivity contribution in [1.29, 1.82) is 0 Å². The van der Waals surface area contributed by atoms with E-state index >= 15 is 0 Å². The van der Waals surface area contributed by atoms with E-state index in [2.05, 4.69) is 4.98 Å². The Morgan fingerprint density at radius 1 is 1.53 bits per heavy atom. The van der Waals surface area contributed by atoms with Crippen LogP contribution in [0.3, 0.4) is 0 Å². The Bertz CT molecular complexity index is 502. The summed E-state index contributed by atoms with van der Waals surface area (Å²) in [6, 6.07) is 1.31. The predicted molar refractivity (Wildman–Crippen MR) is 76.1 cm³/mol. The summed E-state index contributed by atoms with van der Waals surface area (Å²) in [5.41, 5.74) is 0.0205. The van der Waals surface area contributed by atoms with Gasteiger partial charge in [-0.3, -0.25) is 0 Å². The Balaban J connectivity index is 2.42. The zero-order valence-corrected chi connectivity index (χ0v) is 12.7. The normalized spacial score (nSPS) is 23.5. The van der Waals surface area contributed by atoms with Crippen LogP contribution in [0.4, 0.5) is 10.2 Å². The van der Waals surface area contributed by atoms with Gasteiger partial charge in [-0.05, 0) is 42.5 Å². The Labute approximate surface area is 123 Å². The highest BCUT2D eigenvalue weighted by Crippen LogP contribution is 2.25. The number of carboxylic acid groups (broad SMARTS) is 1. The van der Waals surface area contributed by atoms with Gasteiger partial charge in [0, 0.05) is 13.1 Å². The third-order valence-corrected chi connectivity index (χ3v) is 3.62. The average molecular weight is 380 g/mol. The van der Waals surface area contributed by atoms with Gasteiger partial charge in [0.05, 0.1) is 15.8 Å². The number of aromatic nitrogens is 1. The molecule has 0 spiro atoms. The number of morpholine rings is 1. The summed E-state index contributed by atoms with van der Waals surface area (Å²) >= 11 is 1.73. The quantitative estimate of drug-likeness (QED) is 0.629. The molecule has 0 amide bonds. The van der Waals surface area contributed by atoms with E-state index in [4.69, 9.17) is 4.74 Å². The monoisotopic (exact) mass is 380 g/mol. The smallest absolute Gasteiger partial charge is 0.339 e. The lowest BCUT2D eigenvalue weighted by atomic mass is 10.2. The van der Waals surface area contributed by atoms with Gasteiger partial charge in [0.2, 0.25) is 5.95 Å². The number of hydrogen-bond acceptors (Lipinski definition) is 4. The first kappa shape index (κ1) is 14.4. The lowest BCUT2D eigenvalue weighted by Crippen LogP contribution is -2.46. The number of hydrogen-bond donors (Lipinski definition) is 1. The van der Waals surface area contributed by atoms with Crippen LogP contribution in [0.5, 0.6) is 0 Å². The van der Waals surface area contributed by atoms with E-state index in [0.29, 0.717) is 13.1 Å². The van der Waals surface area contributed by atoms with E-state index in [1.807, 2.05) is 13.8 Å². The van der Waals surface area contributed by atoms with Crippen molar-refractivity contribution in [2.75, 3.05) is 18.0 Å². The van der Waals surface area contributed by atoms with Crippen molar-refractivity contribution < 1.29 is 19.0 Å². The first-order chi connectivity index (χ1) is 8.88. The highest BCUT2D eigenvalue weighted by atomic mass is 127. The molecule has 1 aromatic heterocycles. The van der Waals surface area contributed by atoms with E-state index < -0.39 is 11.9 Å². The van der Waals surface area contributed by atoms with Crippen LogP contribution in [0, 0.1) is 9.52 Å². The third-order valence-electron chi connectivity index (χ3n) is 2.86. The fourth-order valence-corrected chi connectivity index (χ4v) is 2.64. The Morgan fingerprint density at radius 3 is 2.63 bits per heavy atom. The molecule has 2 atom stereocenters. The lowest BCUT2D eigenvalue weighted by molar-refractivity contribution is -0.00561. The molecule has 0 radical (unpaired) electrons. The molecule has 1 aliphatic heterocycles. The number of carbonyl (C=O) groups is 1. The molecule has 2 rings (SSSR count). The van der Waals surface area contributed by atoms with Crippen molar-refractivity contribution in [3.05, 3.63) is 21.1 Å². The molecule has 1 fully saturated rings. The van der Waals surface area contributed by atoms with Gasteiger partial charge in [-0.1, -0.05) is 0 Å². The summed E-state index contributed by atoms with van der Waals surface area (Å²) in [6.07, 6.45) is -0.0935. The maximum atomic E-state index is 13.6. The highest BCUT2D eigenvalue weighted by molar-refractivity contribution is 14.1. The molecule has 5 nitrogen and oxygen atoms in total. The molecule has 2 unspecified atom stereocenters. The fraction of sp³-hybridized carbons (Fsp3) is 0.500. The van der Waals surface area contributed by atoms with Gasteiger partial charge in [-0.15, -0.1) is 0 Å². The van der Waals surface area contributed by atoms with Gasteiger partial charge in [0.15, 0.2) is 0 Å². The van der Waals surface area contributed by atoms with Crippen molar-refractivity contribution >= 4 is 34.4 Å². The molecule has 0 aliphatic carbocycles. The molecule has 1 aromatic rings. The minimum Gasteiger partial charge on any atom is -0.478 e. The molecule has 104 valence electrons. The first-order valence-corrected chi connectivity index (χ1v) is 6.96. The molecule has 2 heterocycles. The SMILES string of the molecule is CC1CN(c2nc(F)c(I)cc2C(=O)O)CC(C)O1. The fourth-order valence-electron chi connectivity index (χ4n) is 2.21. The maximum Gasteiger partial charge on any atom is 0.339 e. The van der Waals surface area contributed by atoms with Gasteiger partial charge in [-0.2, -0.15) is 4.39 Å². The van der Waals surface area contributed by atoms with Crippen LogP contribution in [0.15, 0.2) is 6.07 Å². The summed E-state index contributed by atoms with van der Waals surface area (Å²) in [5.74, 6) is -1.58. The second-order valence-corrected chi connectivity index (χ2v) is 5.76. The first-order valence-electron chi connectivity index (χ1n) is 5.88. The van der Waals surface area contributed by atoms with Crippen LogP contribution in [0.2, 0.25) is 0 Å². The van der Waals surface area contributed by atoms with Crippen LogP contribution in [0.1, 0.15) is 24.2 Å². The van der Waals surface area contributed by atoms with E-state index in [1.54, 1.807) is 27.5 Å².